The van der Waals surface area contributed by atoms with E-state index in [1.54, 1.807) is 6.07 Å². The topological polar surface area (TPSA) is 81.9 Å². The summed E-state index contributed by atoms with van der Waals surface area (Å²) in [4.78, 5) is 0.0554. The quantitative estimate of drug-likeness (QED) is 0.895. The number of hydrogen-bond acceptors (Lipinski definition) is 5. The average molecular weight is 335 g/mol. The smallest absolute Gasteiger partial charge is 0.246 e. The monoisotopic (exact) mass is 334 g/mol. The second-order valence-electron chi connectivity index (χ2n) is 4.67. The molecule has 1 aliphatic heterocycles. The third-order valence-electron chi connectivity index (χ3n) is 3.32. The van der Waals surface area contributed by atoms with Crippen molar-refractivity contribution in [2.45, 2.75) is 17.9 Å². The summed E-state index contributed by atoms with van der Waals surface area (Å²) in [5, 5.41) is 0.320. The first-order valence-corrected chi connectivity index (χ1v) is 8.47. The summed E-state index contributed by atoms with van der Waals surface area (Å²) >= 11 is 6.02. The predicted octanol–water partition coefficient (Wildman–Crippen LogP) is 1.22. The van der Waals surface area contributed by atoms with Gasteiger partial charge in [-0.2, -0.15) is 4.31 Å². The van der Waals surface area contributed by atoms with E-state index in [2.05, 4.69) is 0 Å². The maximum Gasteiger partial charge on any atom is 0.246 e. The van der Waals surface area contributed by atoms with Crippen LogP contribution in [0.3, 0.4) is 0 Å². The van der Waals surface area contributed by atoms with Crippen LogP contribution in [-0.2, 0) is 21.3 Å². The molecular weight excluding hydrogens is 316 g/mol. The summed E-state index contributed by atoms with van der Waals surface area (Å²) in [6, 6.07) is 3.02. The first kappa shape index (κ1) is 16.5. The van der Waals surface area contributed by atoms with Gasteiger partial charge in [0.1, 0.15) is 10.6 Å². The van der Waals surface area contributed by atoms with Crippen molar-refractivity contribution in [2.75, 3.05) is 33.4 Å². The maximum absolute atomic E-state index is 12.8. The van der Waals surface area contributed by atoms with Gasteiger partial charge >= 0.3 is 0 Å². The Hall–Kier alpha value is -0.860. The minimum atomic E-state index is -3.69. The molecule has 1 saturated heterocycles. The normalized spacial score (nSPS) is 17.5. The molecule has 0 saturated carbocycles. The lowest BCUT2D eigenvalue weighted by molar-refractivity contribution is 0.148. The van der Waals surface area contributed by atoms with Crippen LogP contribution in [0.25, 0.3) is 0 Å². The van der Waals surface area contributed by atoms with Crippen LogP contribution in [-0.4, -0.2) is 46.1 Å². The fraction of sp³-hybridized carbons (Fsp3) is 0.538. The van der Waals surface area contributed by atoms with Gasteiger partial charge in [0.25, 0.3) is 0 Å². The van der Waals surface area contributed by atoms with E-state index >= 15 is 0 Å². The zero-order valence-corrected chi connectivity index (χ0v) is 13.4. The number of hydrogen-bond donors (Lipinski definition) is 1. The van der Waals surface area contributed by atoms with Crippen LogP contribution in [0.5, 0.6) is 5.75 Å². The number of halogens is 1. The molecule has 0 unspecified atom stereocenters. The molecule has 0 bridgehead atoms. The Morgan fingerprint density at radius 3 is 2.81 bits per heavy atom. The van der Waals surface area contributed by atoms with Crippen molar-refractivity contribution in [1.82, 2.24) is 4.31 Å². The van der Waals surface area contributed by atoms with Crippen LogP contribution >= 0.6 is 11.6 Å². The van der Waals surface area contributed by atoms with Gasteiger partial charge in [-0.1, -0.05) is 11.6 Å². The molecule has 0 radical (unpaired) electrons. The first-order chi connectivity index (χ1) is 10.0. The van der Waals surface area contributed by atoms with E-state index in [-0.39, 0.29) is 17.2 Å². The van der Waals surface area contributed by atoms with Gasteiger partial charge in [-0.25, -0.2) is 8.42 Å². The fourth-order valence-corrected chi connectivity index (χ4v) is 4.29. The lowest BCUT2D eigenvalue weighted by Crippen LogP contribution is -2.33. The molecule has 1 aliphatic rings. The molecule has 1 aromatic carbocycles. The molecule has 0 atom stereocenters. The molecule has 0 aliphatic carbocycles. The lowest BCUT2D eigenvalue weighted by atomic mass is 10.2. The van der Waals surface area contributed by atoms with Gasteiger partial charge < -0.3 is 15.2 Å². The second kappa shape index (κ2) is 6.93. The Bertz CT molecular complexity index is 598. The molecule has 0 spiro atoms. The molecule has 2 rings (SSSR count). The van der Waals surface area contributed by atoms with E-state index < -0.39 is 10.0 Å². The number of nitrogens with two attached hydrogens (primary N) is 1. The summed E-state index contributed by atoms with van der Waals surface area (Å²) in [6.45, 7) is 1.82. The van der Waals surface area contributed by atoms with Gasteiger partial charge in [-0.15, -0.1) is 0 Å². The standard InChI is InChI=1S/C13H19ClN2O4S/c1-19-13-10(9-15)7-11(14)8-12(13)21(17,18)16-3-2-5-20-6-4-16/h7-8H,2-6,9,15H2,1H3. The molecule has 21 heavy (non-hydrogen) atoms. The molecule has 0 aromatic heterocycles. The van der Waals surface area contributed by atoms with Crippen molar-refractivity contribution in [2.24, 2.45) is 5.73 Å². The summed E-state index contributed by atoms with van der Waals surface area (Å²) in [5.41, 5.74) is 6.21. The van der Waals surface area contributed by atoms with Crippen LogP contribution in [0.15, 0.2) is 17.0 Å². The summed E-state index contributed by atoms with van der Waals surface area (Å²) < 4.78 is 37.6. The molecule has 1 heterocycles. The van der Waals surface area contributed by atoms with Gasteiger partial charge in [0, 0.05) is 36.8 Å². The van der Waals surface area contributed by atoms with E-state index in [0.29, 0.717) is 43.3 Å². The van der Waals surface area contributed by atoms with Gasteiger partial charge in [-0.3, -0.25) is 0 Å². The van der Waals surface area contributed by atoms with Crippen molar-refractivity contribution in [3.8, 4) is 5.75 Å². The van der Waals surface area contributed by atoms with Crippen LogP contribution in [0.1, 0.15) is 12.0 Å². The van der Waals surface area contributed by atoms with Crippen LogP contribution in [0.2, 0.25) is 5.02 Å². The Kier molecular flexibility index (Phi) is 5.45. The Morgan fingerprint density at radius 2 is 2.14 bits per heavy atom. The van der Waals surface area contributed by atoms with Gasteiger partial charge in [0.05, 0.1) is 13.7 Å². The number of benzene rings is 1. The minimum absolute atomic E-state index is 0.0554. The van der Waals surface area contributed by atoms with Crippen molar-refractivity contribution >= 4 is 21.6 Å². The summed E-state index contributed by atoms with van der Waals surface area (Å²) in [7, 11) is -2.27. The lowest BCUT2D eigenvalue weighted by Gasteiger charge is -2.22. The Morgan fingerprint density at radius 1 is 1.38 bits per heavy atom. The fourth-order valence-electron chi connectivity index (χ4n) is 2.30. The Balaban J connectivity index is 2.50. The molecule has 2 N–H and O–H groups in total. The number of methoxy groups -OCH3 is 1. The summed E-state index contributed by atoms with van der Waals surface area (Å²) in [5.74, 6) is 0.257. The zero-order valence-electron chi connectivity index (χ0n) is 11.8. The van der Waals surface area contributed by atoms with Crippen LogP contribution in [0, 0.1) is 0 Å². The number of sulfonamides is 1. The van der Waals surface area contributed by atoms with Gasteiger partial charge in [-0.05, 0) is 18.6 Å². The second-order valence-corrected chi connectivity index (χ2v) is 7.01. The number of ether oxygens (including phenoxy) is 2. The Labute approximate surface area is 129 Å². The molecule has 118 valence electrons. The highest BCUT2D eigenvalue weighted by atomic mass is 35.5. The minimum Gasteiger partial charge on any atom is -0.495 e. The molecule has 1 aromatic rings. The van der Waals surface area contributed by atoms with Crippen LogP contribution < -0.4 is 10.5 Å². The van der Waals surface area contributed by atoms with Crippen LogP contribution in [0.4, 0.5) is 0 Å². The molecule has 8 heteroatoms. The highest BCUT2D eigenvalue weighted by Crippen LogP contribution is 2.33. The highest BCUT2D eigenvalue weighted by Gasteiger charge is 2.30. The van der Waals surface area contributed by atoms with Crippen molar-refractivity contribution in [3.63, 3.8) is 0 Å². The van der Waals surface area contributed by atoms with E-state index in [4.69, 9.17) is 26.8 Å². The predicted molar refractivity (Wildman–Crippen MR) is 80.1 cm³/mol. The maximum atomic E-state index is 12.8. The summed E-state index contributed by atoms with van der Waals surface area (Å²) in [6.07, 6.45) is 0.659. The molecular formula is C13H19ClN2O4S. The van der Waals surface area contributed by atoms with E-state index in [0.717, 1.165) is 0 Å². The third-order valence-corrected chi connectivity index (χ3v) is 5.44. The number of rotatable bonds is 4. The zero-order chi connectivity index (χ0) is 15.5. The molecule has 1 fully saturated rings. The SMILES string of the molecule is COc1c(CN)cc(Cl)cc1S(=O)(=O)N1CCCOCC1. The first-order valence-electron chi connectivity index (χ1n) is 6.65. The molecule has 0 amide bonds. The van der Waals surface area contributed by atoms with E-state index in [1.807, 2.05) is 0 Å². The number of nitrogens with zero attached hydrogens (tertiary/aromatic N) is 1. The van der Waals surface area contributed by atoms with Crippen molar-refractivity contribution in [3.05, 3.63) is 22.7 Å². The van der Waals surface area contributed by atoms with E-state index in [1.165, 1.54) is 17.5 Å². The van der Waals surface area contributed by atoms with Crippen molar-refractivity contribution in [1.29, 1.82) is 0 Å². The molecule has 6 nitrogen and oxygen atoms in total. The van der Waals surface area contributed by atoms with E-state index in [9.17, 15) is 8.42 Å². The average Bonchev–Trinajstić information content (AvgIpc) is 2.75. The van der Waals surface area contributed by atoms with Gasteiger partial charge in [0.15, 0.2) is 0 Å². The largest absolute Gasteiger partial charge is 0.495 e. The third kappa shape index (κ3) is 3.49. The van der Waals surface area contributed by atoms with Crippen molar-refractivity contribution < 1.29 is 17.9 Å². The van der Waals surface area contributed by atoms with Gasteiger partial charge in [0.2, 0.25) is 10.0 Å². The highest BCUT2D eigenvalue weighted by molar-refractivity contribution is 7.89.